The van der Waals surface area contributed by atoms with Gasteiger partial charge in [0, 0.05) is 0 Å². The van der Waals surface area contributed by atoms with Crippen LogP contribution in [0.4, 0.5) is 0 Å². The van der Waals surface area contributed by atoms with E-state index in [2.05, 4.69) is 19.2 Å². The fourth-order valence-electron chi connectivity index (χ4n) is 2.95. The van der Waals surface area contributed by atoms with Crippen molar-refractivity contribution in [1.29, 1.82) is 0 Å². The van der Waals surface area contributed by atoms with E-state index in [-0.39, 0.29) is 11.9 Å². The summed E-state index contributed by atoms with van der Waals surface area (Å²) >= 11 is 0. The third kappa shape index (κ3) is 6.31. The molecule has 2 rings (SSSR count). The van der Waals surface area contributed by atoms with Crippen molar-refractivity contribution in [3.63, 3.8) is 0 Å². The summed E-state index contributed by atoms with van der Waals surface area (Å²) in [6.45, 7) is 8.30. The van der Waals surface area contributed by atoms with E-state index in [0.717, 1.165) is 23.3 Å². The quantitative estimate of drug-likeness (QED) is 0.672. The predicted octanol–water partition coefficient (Wildman–Crippen LogP) is 5.06. The molecule has 0 unspecified atom stereocenters. The molecular weight excluding hydrogens is 338 g/mol. The summed E-state index contributed by atoms with van der Waals surface area (Å²) in [5, 5.41) is 3.18. The zero-order valence-corrected chi connectivity index (χ0v) is 17.0. The Labute approximate surface area is 162 Å². The molecule has 0 spiro atoms. The molecule has 0 aliphatic carbocycles. The average Bonchev–Trinajstić information content (AvgIpc) is 2.66. The Morgan fingerprint density at radius 1 is 1.00 bits per heavy atom. The summed E-state index contributed by atoms with van der Waals surface area (Å²) in [4.78, 5) is 12.9. The molecule has 2 aromatic carbocycles. The Kier molecular flexibility index (Phi) is 7.71. The highest BCUT2D eigenvalue weighted by atomic mass is 16.5. The van der Waals surface area contributed by atoms with Crippen molar-refractivity contribution in [2.24, 2.45) is 5.92 Å². The van der Waals surface area contributed by atoms with E-state index in [1.54, 1.807) is 7.11 Å². The maximum absolute atomic E-state index is 12.9. The van der Waals surface area contributed by atoms with Crippen molar-refractivity contribution in [1.82, 2.24) is 5.32 Å². The molecule has 0 aliphatic rings. The van der Waals surface area contributed by atoms with Crippen LogP contribution >= 0.6 is 0 Å². The number of ether oxygens (including phenoxy) is 2. The lowest BCUT2D eigenvalue weighted by molar-refractivity contribution is -0.129. The predicted molar refractivity (Wildman–Crippen MR) is 109 cm³/mol. The summed E-state index contributed by atoms with van der Waals surface area (Å²) in [5.74, 6) is 1.89. The summed E-state index contributed by atoms with van der Waals surface area (Å²) in [6.07, 6.45) is 0.955. The van der Waals surface area contributed by atoms with Gasteiger partial charge in [0.15, 0.2) is 6.10 Å². The van der Waals surface area contributed by atoms with Crippen molar-refractivity contribution in [3.05, 3.63) is 59.7 Å². The first kappa shape index (κ1) is 20.8. The normalized spacial score (nSPS) is 13.1. The number of hydrogen-bond acceptors (Lipinski definition) is 3. The second-order valence-corrected chi connectivity index (χ2v) is 7.29. The Bertz CT molecular complexity index is 707. The number of nitrogens with one attached hydrogen (secondary N) is 1. The van der Waals surface area contributed by atoms with E-state index in [1.807, 2.05) is 62.4 Å². The number of methoxy groups -OCH3 is 1. The Morgan fingerprint density at radius 3 is 2.11 bits per heavy atom. The van der Waals surface area contributed by atoms with Gasteiger partial charge in [-0.3, -0.25) is 4.79 Å². The van der Waals surface area contributed by atoms with Crippen molar-refractivity contribution in [3.8, 4) is 11.5 Å². The molecule has 2 aromatic rings. The summed E-state index contributed by atoms with van der Waals surface area (Å²) in [7, 11) is 1.65. The summed E-state index contributed by atoms with van der Waals surface area (Å²) in [5.41, 5.74) is 2.24. The molecule has 0 bridgehead atoms. The molecule has 4 heteroatoms. The molecule has 1 N–H and O–H groups in total. The lowest BCUT2D eigenvalue weighted by Gasteiger charge is -2.24. The molecule has 146 valence electrons. The van der Waals surface area contributed by atoms with Gasteiger partial charge in [-0.1, -0.05) is 50.6 Å². The number of hydrogen-bond donors (Lipinski definition) is 1. The van der Waals surface area contributed by atoms with Crippen molar-refractivity contribution < 1.29 is 14.3 Å². The average molecular weight is 370 g/mol. The highest BCUT2D eigenvalue weighted by molar-refractivity contribution is 5.81. The van der Waals surface area contributed by atoms with Gasteiger partial charge in [0.1, 0.15) is 11.5 Å². The molecule has 0 aliphatic heterocycles. The van der Waals surface area contributed by atoms with Crippen LogP contribution in [-0.2, 0) is 4.79 Å². The number of amides is 1. The number of carbonyl (C=O) groups is 1. The minimum absolute atomic E-state index is 0.0564. The highest BCUT2D eigenvalue weighted by Crippen LogP contribution is 2.24. The van der Waals surface area contributed by atoms with Gasteiger partial charge in [-0.25, -0.2) is 0 Å². The van der Waals surface area contributed by atoms with Gasteiger partial charge < -0.3 is 14.8 Å². The zero-order chi connectivity index (χ0) is 19.8. The molecule has 0 saturated heterocycles. The van der Waals surface area contributed by atoms with Crippen LogP contribution in [0.5, 0.6) is 11.5 Å². The summed E-state index contributed by atoms with van der Waals surface area (Å²) < 4.78 is 11.2. The second-order valence-electron chi connectivity index (χ2n) is 7.29. The zero-order valence-electron chi connectivity index (χ0n) is 17.0. The van der Waals surface area contributed by atoms with Gasteiger partial charge >= 0.3 is 0 Å². The Morgan fingerprint density at radius 2 is 1.59 bits per heavy atom. The van der Waals surface area contributed by atoms with E-state index in [1.165, 1.54) is 0 Å². The van der Waals surface area contributed by atoms with Crippen LogP contribution in [0.1, 0.15) is 50.8 Å². The van der Waals surface area contributed by atoms with E-state index < -0.39 is 6.10 Å². The fourth-order valence-corrected chi connectivity index (χ4v) is 2.95. The Balaban J connectivity index is 2.10. The van der Waals surface area contributed by atoms with Crippen LogP contribution in [0.25, 0.3) is 0 Å². The third-order valence-electron chi connectivity index (χ3n) is 4.50. The van der Waals surface area contributed by atoms with Gasteiger partial charge in [-0.15, -0.1) is 0 Å². The number of aryl methyl sites for hydroxylation is 1. The monoisotopic (exact) mass is 369 g/mol. The minimum Gasteiger partial charge on any atom is -0.497 e. The first-order chi connectivity index (χ1) is 12.9. The molecule has 0 heterocycles. The first-order valence-electron chi connectivity index (χ1n) is 9.60. The van der Waals surface area contributed by atoms with E-state index in [4.69, 9.17) is 9.47 Å². The maximum Gasteiger partial charge on any atom is 0.261 e. The number of rotatable bonds is 9. The molecule has 2 atom stereocenters. The van der Waals surface area contributed by atoms with Crippen LogP contribution in [0.2, 0.25) is 0 Å². The standard InChI is InChI=1S/C23H31NO3/c1-6-22(27-20-11-7-17(4)8-12-20)23(25)24-21(15-16(2)3)18-9-13-19(26-5)14-10-18/h7-14,16,21-22H,6,15H2,1-5H3,(H,24,25)/t21-,22+/m0/s1. The van der Waals surface area contributed by atoms with Gasteiger partial charge in [0.05, 0.1) is 13.2 Å². The molecule has 0 fully saturated rings. The molecule has 0 radical (unpaired) electrons. The van der Waals surface area contributed by atoms with Crippen molar-refractivity contribution in [2.45, 2.75) is 52.7 Å². The first-order valence-corrected chi connectivity index (χ1v) is 9.60. The maximum atomic E-state index is 12.9. The van der Waals surface area contributed by atoms with Crippen LogP contribution in [0, 0.1) is 12.8 Å². The van der Waals surface area contributed by atoms with E-state index in [0.29, 0.717) is 18.1 Å². The molecule has 0 aromatic heterocycles. The molecular formula is C23H31NO3. The topological polar surface area (TPSA) is 47.6 Å². The lowest BCUT2D eigenvalue weighted by Crippen LogP contribution is -2.40. The minimum atomic E-state index is -0.513. The van der Waals surface area contributed by atoms with Crippen LogP contribution in [-0.4, -0.2) is 19.1 Å². The second kappa shape index (κ2) is 10.0. The van der Waals surface area contributed by atoms with Gasteiger partial charge in [-0.2, -0.15) is 0 Å². The van der Waals surface area contributed by atoms with Crippen LogP contribution < -0.4 is 14.8 Å². The third-order valence-corrected chi connectivity index (χ3v) is 4.50. The highest BCUT2D eigenvalue weighted by Gasteiger charge is 2.23. The van der Waals surface area contributed by atoms with E-state index >= 15 is 0 Å². The van der Waals surface area contributed by atoms with Crippen LogP contribution in [0.15, 0.2) is 48.5 Å². The molecule has 0 saturated carbocycles. The smallest absolute Gasteiger partial charge is 0.261 e. The lowest BCUT2D eigenvalue weighted by atomic mass is 9.96. The Hall–Kier alpha value is -2.49. The molecule has 27 heavy (non-hydrogen) atoms. The largest absolute Gasteiger partial charge is 0.497 e. The van der Waals surface area contributed by atoms with Gasteiger partial charge in [0.2, 0.25) is 0 Å². The van der Waals surface area contributed by atoms with Crippen molar-refractivity contribution in [2.75, 3.05) is 7.11 Å². The number of carbonyl (C=O) groups excluding carboxylic acids is 1. The number of benzene rings is 2. The van der Waals surface area contributed by atoms with Crippen LogP contribution in [0.3, 0.4) is 0 Å². The molecule has 4 nitrogen and oxygen atoms in total. The van der Waals surface area contributed by atoms with Gasteiger partial charge in [-0.05, 0) is 55.5 Å². The fraction of sp³-hybridized carbons (Fsp3) is 0.435. The SMILES string of the molecule is CC[C@@H](Oc1ccc(C)cc1)C(=O)N[C@@H](CC(C)C)c1ccc(OC)cc1. The van der Waals surface area contributed by atoms with E-state index in [9.17, 15) is 4.79 Å². The summed E-state index contributed by atoms with van der Waals surface area (Å²) in [6, 6.07) is 15.6. The molecule has 1 amide bonds. The van der Waals surface area contributed by atoms with Gasteiger partial charge in [0.25, 0.3) is 5.91 Å². The van der Waals surface area contributed by atoms with Crippen molar-refractivity contribution >= 4 is 5.91 Å².